The van der Waals surface area contributed by atoms with Gasteiger partial charge in [-0.25, -0.2) is 4.98 Å². The van der Waals surface area contributed by atoms with E-state index in [-0.39, 0.29) is 38.1 Å². The van der Waals surface area contributed by atoms with Crippen molar-refractivity contribution in [1.82, 2.24) is 14.5 Å². The fourth-order valence-corrected chi connectivity index (χ4v) is 7.96. The van der Waals surface area contributed by atoms with E-state index >= 15 is 0 Å². The molecule has 242 valence electrons. The number of nitrogens with zero attached hydrogens (tertiary/aromatic N) is 4. The topological polar surface area (TPSA) is 61.5 Å². The standard InChI is InChI=1S/C41H36N4O2.Pt/c1-24-17-30-29-19-25(2)35(23-34(29)45-37(30)32(18-24)40(3,4)31-11-10-16-43-38(31)45)46-28-21-26(33-12-7-9-15-42-33)20-27(22-28)39-44-41(5)14-8-6-13-36(41)47-39;/h7,9-12,15-21,36H,6,8,13-14H2,1-5H3;/q-2;+2/t36-,41+;/m0./s1. The Hall–Kier alpha value is -4.28. The van der Waals surface area contributed by atoms with Crippen LogP contribution >= 0.6 is 0 Å². The van der Waals surface area contributed by atoms with Crippen LogP contribution in [0.25, 0.3) is 38.9 Å². The van der Waals surface area contributed by atoms with E-state index in [1.54, 1.807) is 0 Å². The molecule has 0 radical (unpaired) electrons. The van der Waals surface area contributed by atoms with Crippen LogP contribution in [0.4, 0.5) is 0 Å². The summed E-state index contributed by atoms with van der Waals surface area (Å²) in [6, 6.07) is 28.3. The molecule has 6 nitrogen and oxygen atoms in total. The molecule has 1 aliphatic carbocycles. The van der Waals surface area contributed by atoms with Crippen molar-refractivity contribution in [3.63, 3.8) is 0 Å². The first-order chi connectivity index (χ1) is 22.7. The first-order valence-electron chi connectivity index (χ1n) is 16.6. The molecule has 1 saturated carbocycles. The summed E-state index contributed by atoms with van der Waals surface area (Å²) in [7, 11) is 0. The second-order valence-corrected chi connectivity index (χ2v) is 14.2. The van der Waals surface area contributed by atoms with Gasteiger partial charge in [-0.1, -0.05) is 85.8 Å². The molecule has 48 heavy (non-hydrogen) atoms. The molecule has 0 bridgehead atoms. The second-order valence-electron chi connectivity index (χ2n) is 14.2. The Morgan fingerprint density at radius 2 is 1.75 bits per heavy atom. The number of hydrogen-bond acceptors (Lipinski definition) is 5. The zero-order valence-electron chi connectivity index (χ0n) is 27.8. The van der Waals surface area contributed by atoms with Crippen LogP contribution in [0.15, 0.2) is 78.0 Å². The van der Waals surface area contributed by atoms with Crippen molar-refractivity contribution < 1.29 is 30.5 Å². The molecular weight excluding hydrogens is 776 g/mol. The third-order valence-corrected chi connectivity index (χ3v) is 10.5. The fourth-order valence-electron chi connectivity index (χ4n) is 7.96. The largest absolute Gasteiger partial charge is 2.00 e. The van der Waals surface area contributed by atoms with Crippen LogP contribution in [0.5, 0.6) is 11.5 Å². The van der Waals surface area contributed by atoms with Gasteiger partial charge in [-0.3, -0.25) is 9.98 Å². The molecule has 2 aliphatic heterocycles. The van der Waals surface area contributed by atoms with Crippen molar-refractivity contribution in [3.8, 4) is 28.6 Å². The van der Waals surface area contributed by atoms with E-state index in [0.29, 0.717) is 17.4 Å². The Morgan fingerprint density at radius 1 is 0.896 bits per heavy atom. The number of hydrogen-bond donors (Lipinski definition) is 0. The van der Waals surface area contributed by atoms with Crippen molar-refractivity contribution in [2.45, 2.75) is 77.4 Å². The maximum Gasteiger partial charge on any atom is 2.00 e. The third-order valence-electron chi connectivity index (χ3n) is 10.5. The van der Waals surface area contributed by atoms with Gasteiger partial charge in [0.25, 0.3) is 0 Å². The summed E-state index contributed by atoms with van der Waals surface area (Å²) in [4.78, 5) is 14.7. The number of aromatic nitrogens is 3. The molecule has 2 atom stereocenters. The smallest absolute Gasteiger partial charge is 0.514 e. The average Bonchev–Trinajstić information content (AvgIpc) is 3.59. The van der Waals surface area contributed by atoms with Gasteiger partial charge in [0.15, 0.2) is 0 Å². The Labute approximate surface area is 295 Å². The van der Waals surface area contributed by atoms with E-state index < -0.39 is 0 Å². The van der Waals surface area contributed by atoms with Crippen molar-refractivity contribution in [2.24, 2.45) is 4.99 Å². The van der Waals surface area contributed by atoms with Crippen molar-refractivity contribution >= 4 is 27.7 Å². The van der Waals surface area contributed by atoms with Crippen LogP contribution in [-0.4, -0.2) is 32.1 Å². The number of pyridine rings is 2. The Kier molecular flexibility index (Phi) is 7.19. The second kappa shape index (κ2) is 11.1. The van der Waals surface area contributed by atoms with Crippen LogP contribution in [0.1, 0.15) is 74.3 Å². The molecule has 6 aromatic rings. The third kappa shape index (κ3) is 4.67. The number of aliphatic imine (C=N–C) groups is 1. The molecule has 0 saturated heterocycles. The van der Waals surface area contributed by atoms with Gasteiger partial charge in [-0.2, -0.15) is 6.07 Å². The molecule has 3 aliphatic rings. The van der Waals surface area contributed by atoms with Crippen molar-refractivity contribution in [3.05, 3.63) is 113 Å². The summed E-state index contributed by atoms with van der Waals surface area (Å²) in [6.07, 6.45) is 8.17. The van der Waals surface area contributed by atoms with E-state index in [1.807, 2.05) is 42.7 Å². The quantitative estimate of drug-likeness (QED) is 0.167. The SMILES string of the molecule is Cc1cc2c3c(c1)c1cc(C)c(Oc4[c-]c(C5=N[C@]6(C)CCCC[C@@H]6O5)cc(-c5ccccn5)c4)[c-]c1n3-c1ncccc1C2(C)C.[Pt+2]. The minimum atomic E-state index is -0.201. The summed E-state index contributed by atoms with van der Waals surface area (Å²) >= 11 is 0. The fraction of sp³-hybridized carbons (Fsp3) is 0.293. The molecule has 9 rings (SSSR count). The molecule has 3 aromatic heterocycles. The zero-order valence-corrected chi connectivity index (χ0v) is 30.0. The van der Waals surface area contributed by atoms with Crippen LogP contribution in [-0.2, 0) is 31.2 Å². The summed E-state index contributed by atoms with van der Waals surface area (Å²) in [6.45, 7) is 11.1. The first-order valence-corrected chi connectivity index (χ1v) is 16.6. The molecule has 1 fully saturated rings. The summed E-state index contributed by atoms with van der Waals surface area (Å²) in [5, 5.41) is 2.35. The van der Waals surface area contributed by atoms with E-state index in [9.17, 15) is 0 Å². The molecule has 5 heterocycles. The van der Waals surface area contributed by atoms with Gasteiger partial charge in [0.05, 0.1) is 11.2 Å². The van der Waals surface area contributed by atoms with Gasteiger partial charge in [0.1, 0.15) is 17.8 Å². The Bertz CT molecular complexity index is 2290. The summed E-state index contributed by atoms with van der Waals surface area (Å²) in [5.41, 5.74) is 9.01. The molecule has 0 amide bonds. The molecule has 0 spiro atoms. The number of fused-ring (bicyclic) bond motifs is 6. The number of aryl methyl sites for hydroxylation is 2. The Morgan fingerprint density at radius 3 is 2.56 bits per heavy atom. The average molecular weight is 812 g/mol. The van der Waals surface area contributed by atoms with Crippen LogP contribution in [0, 0.1) is 26.0 Å². The van der Waals surface area contributed by atoms with E-state index in [4.69, 9.17) is 19.5 Å². The van der Waals surface area contributed by atoms with Gasteiger partial charge in [0, 0.05) is 40.4 Å². The van der Waals surface area contributed by atoms with E-state index in [0.717, 1.165) is 51.9 Å². The van der Waals surface area contributed by atoms with Gasteiger partial charge < -0.3 is 14.0 Å². The molecule has 3 aromatic carbocycles. The first kappa shape index (κ1) is 31.0. The van der Waals surface area contributed by atoms with Crippen LogP contribution in [0.3, 0.4) is 0 Å². The number of benzene rings is 3. The predicted octanol–water partition coefficient (Wildman–Crippen LogP) is 9.37. The maximum atomic E-state index is 6.74. The predicted molar refractivity (Wildman–Crippen MR) is 186 cm³/mol. The minimum absolute atomic E-state index is 0. The molecule has 7 heteroatoms. The normalized spacial score (nSPS) is 20.4. The van der Waals surface area contributed by atoms with Gasteiger partial charge >= 0.3 is 21.1 Å². The minimum Gasteiger partial charge on any atom is -0.514 e. The van der Waals surface area contributed by atoms with E-state index in [1.165, 1.54) is 40.4 Å². The summed E-state index contributed by atoms with van der Waals surface area (Å²) < 4.78 is 15.5. The number of rotatable bonds is 4. The van der Waals surface area contributed by atoms with Crippen molar-refractivity contribution in [2.75, 3.05) is 0 Å². The zero-order chi connectivity index (χ0) is 32.1. The van der Waals surface area contributed by atoms with Crippen LogP contribution in [0.2, 0.25) is 0 Å². The van der Waals surface area contributed by atoms with E-state index in [2.05, 4.69) is 86.6 Å². The molecule has 0 unspecified atom stereocenters. The molecular formula is C41H36N4O2Pt. The van der Waals surface area contributed by atoms with Crippen molar-refractivity contribution in [1.29, 1.82) is 0 Å². The monoisotopic (exact) mass is 811 g/mol. The maximum absolute atomic E-state index is 6.74. The Balaban J connectivity index is 0.00000336. The van der Waals surface area contributed by atoms with Gasteiger partial charge in [0.2, 0.25) is 0 Å². The number of ether oxygens (including phenoxy) is 2. The van der Waals surface area contributed by atoms with Crippen LogP contribution < -0.4 is 4.74 Å². The van der Waals surface area contributed by atoms with Gasteiger partial charge in [-0.15, -0.1) is 23.1 Å². The molecule has 0 N–H and O–H groups in total. The summed E-state index contributed by atoms with van der Waals surface area (Å²) in [5.74, 6) is 2.79. The van der Waals surface area contributed by atoms with Gasteiger partial charge in [-0.05, 0) is 62.3 Å².